The summed E-state index contributed by atoms with van der Waals surface area (Å²) in [4.78, 5) is 0. The molecule has 0 saturated heterocycles. The van der Waals surface area contributed by atoms with Crippen molar-refractivity contribution in [1.82, 2.24) is 0 Å². The number of hydrogen-bond acceptors (Lipinski definition) is 0. The van der Waals surface area contributed by atoms with Gasteiger partial charge < -0.3 is 0 Å². The Labute approximate surface area is 198 Å². The quantitative estimate of drug-likeness (QED) is 0.250. The summed E-state index contributed by atoms with van der Waals surface area (Å²) in [5.74, 6) is 0.0213. The van der Waals surface area contributed by atoms with Crippen LogP contribution in [0.3, 0.4) is 0 Å². The van der Waals surface area contributed by atoms with E-state index < -0.39 is 0 Å². The summed E-state index contributed by atoms with van der Waals surface area (Å²) in [6.07, 6.45) is 0. The van der Waals surface area contributed by atoms with Gasteiger partial charge in [-0.3, -0.25) is 0 Å². The van der Waals surface area contributed by atoms with Gasteiger partial charge in [0.2, 0.25) is 0 Å². The molecule has 1 atom stereocenters. The molecule has 0 bridgehead atoms. The molecule has 0 aliphatic rings. The van der Waals surface area contributed by atoms with E-state index in [4.69, 9.17) is 7.85 Å². The van der Waals surface area contributed by atoms with Gasteiger partial charge in [-0.2, -0.15) is 0 Å². The van der Waals surface area contributed by atoms with Gasteiger partial charge in [0.25, 0.3) is 0 Å². The molecular weight excluding hydrogens is 395 g/mol. The topological polar surface area (TPSA) is 0 Å². The Morgan fingerprint density at radius 1 is 0.424 bits per heavy atom. The molecule has 156 valence electrons. The van der Waals surface area contributed by atoms with Crippen molar-refractivity contribution in [2.45, 2.75) is 12.7 Å². The molecule has 0 unspecified atom stereocenters. The second-order valence-corrected chi connectivity index (χ2v) is 8.45. The molecular formula is C32H25B. The second-order valence-electron chi connectivity index (χ2n) is 8.45. The highest BCUT2D eigenvalue weighted by atomic mass is 14.2. The zero-order valence-electron chi connectivity index (χ0n) is 18.8. The van der Waals surface area contributed by atoms with Crippen molar-refractivity contribution >= 4 is 7.85 Å². The molecule has 0 aromatic heterocycles. The van der Waals surface area contributed by atoms with E-state index in [1.54, 1.807) is 0 Å². The third-order valence-corrected chi connectivity index (χ3v) is 6.16. The standard InChI is InChI=1S/C32H25B/c1-23(33)24-17-19-28(20-18-24)32-22-30(26-13-7-3-8-14-26)29(25-11-5-2-6-12-25)21-31(32)27-15-9-4-10-16-27/h2-23H,1H3/t23-/m1/s1. The molecule has 0 aliphatic heterocycles. The number of benzene rings is 5. The van der Waals surface area contributed by atoms with Gasteiger partial charge in [-0.1, -0.05) is 134 Å². The molecule has 5 rings (SSSR count). The van der Waals surface area contributed by atoms with Gasteiger partial charge in [-0.15, -0.1) is 0 Å². The average molecular weight is 420 g/mol. The maximum Gasteiger partial charge on any atom is 0.0759 e. The van der Waals surface area contributed by atoms with Crippen LogP contribution in [-0.2, 0) is 0 Å². The number of rotatable bonds is 5. The predicted molar refractivity (Wildman–Crippen MR) is 142 cm³/mol. The molecule has 0 amide bonds. The molecule has 0 heterocycles. The van der Waals surface area contributed by atoms with Crippen LogP contribution < -0.4 is 0 Å². The van der Waals surface area contributed by atoms with Gasteiger partial charge in [-0.05, 0) is 56.6 Å². The lowest BCUT2D eigenvalue weighted by atomic mass is 9.81. The van der Waals surface area contributed by atoms with Crippen LogP contribution in [0.1, 0.15) is 18.3 Å². The molecule has 0 fully saturated rings. The summed E-state index contributed by atoms with van der Waals surface area (Å²) in [6, 6.07) is 45.3. The first-order valence-corrected chi connectivity index (χ1v) is 11.4. The maximum absolute atomic E-state index is 6.11. The third kappa shape index (κ3) is 4.40. The molecule has 0 aliphatic carbocycles. The first kappa shape index (κ1) is 21.0. The summed E-state index contributed by atoms with van der Waals surface area (Å²) in [5.41, 5.74) is 10.9. The van der Waals surface area contributed by atoms with E-state index in [0.29, 0.717) is 0 Å². The first-order valence-electron chi connectivity index (χ1n) is 11.4. The molecule has 1 heteroatoms. The lowest BCUT2D eigenvalue weighted by Gasteiger charge is -2.18. The fraction of sp³-hybridized carbons (Fsp3) is 0.0625. The minimum absolute atomic E-state index is 0.0213. The van der Waals surface area contributed by atoms with E-state index in [-0.39, 0.29) is 5.82 Å². The lowest BCUT2D eigenvalue weighted by Crippen LogP contribution is -1.94. The van der Waals surface area contributed by atoms with E-state index in [9.17, 15) is 0 Å². The van der Waals surface area contributed by atoms with Gasteiger partial charge in [0.15, 0.2) is 0 Å². The van der Waals surface area contributed by atoms with Gasteiger partial charge in [0.1, 0.15) is 0 Å². The van der Waals surface area contributed by atoms with Crippen molar-refractivity contribution < 1.29 is 0 Å². The van der Waals surface area contributed by atoms with Gasteiger partial charge in [-0.25, -0.2) is 0 Å². The summed E-state index contributed by atoms with van der Waals surface area (Å²) in [7, 11) is 6.11. The van der Waals surface area contributed by atoms with E-state index in [1.807, 2.05) is 6.92 Å². The van der Waals surface area contributed by atoms with Crippen LogP contribution in [0.4, 0.5) is 0 Å². The largest absolute Gasteiger partial charge is 0.0759 e. The molecule has 5 aromatic carbocycles. The van der Waals surface area contributed by atoms with Gasteiger partial charge in [0.05, 0.1) is 7.85 Å². The van der Waals surface area contributed by atoms with Crippen LogP contribution in [0.5, 0.6) is 0 Å². The Balaban J connectivity index is 1.80. The molecule has 0 saturated carbocycles. The van der Waals surface area contributed by atoms with Crippen molar-refractivity contribution in [3.63, 3.8) is 0 Å². The van der Waals surface area contributed by atoms with Crippen LogP contribution in [0.15, 0.2) is 127 Å². The normalized spacial score (nSPS) is 11.8. The van der Waals surface area contributed by atoms with Crippen molar-refractivity contribution in [3.8, 4) is 44.5 Å². The van der Waals surface area contributed by atoms with Crippen LogP contribution >= 0.6 is 0 Å². The molecule has 33 heavy (non-hydrogen) atoms. The van der Waals surface area contributed by atoms with E-state index in [1.165, 1.54) is 44.5 Å². The Bertz CT molecular complexity index is 1340. The summed E-state index contributed by atoms with van der Waals surface area (Å²) < 4.78 is 0. The fourth-order valence-electron chi connectivity index (χ4n) is 4.37. The zero-order chi connectivity index (χ0) is 22.6. The number of hydrogen-bond donors (Lipinski definition) is 0. The molecule has 2 radical (unpaired) electrons. The highest BCUT2D eigenvalue weighted by Crippen LogP contribution is 2.42. The fourth-order valence-corrected chi connectivity index (χ4v) is 4.37. The Morgan fingerprint density at radius 2 is 0.727 bits per heavy atom. The SMILES string of the molecule is [B][C@H](C)c1ccc(-c2cc(-c3ccccc3)c(-c3ccccc3)cc2-c2ccccc2)cc1. The average Bonchev–Trinajstić information content (AvgIpc) is 2.89. The Kier molecular flexibility index (Phi) is 5.96. The second kappa shape index (κ2) is 9.34. The van der Waals surface area contributed by atoms with Crippen LogP contribution in [0.25, 0.3) is 44.5 Å². The summed E-state index contributed by atoms with van der Waals surface area (Å²) in [6.45, 7) is 2.02. The monoisotopic (exact) mass is 420 g/mol. The van der Waals surface area contributed by atoms with Crippen LogP contribution in [0.2, 0.25) is 0 Å². The summed E-state index contributed by atoms with van der Waals surface area (Å²) in [5, 5.41) is 0. The highest BCUT2D eigenvalue weighted by molar-refractivity contribution is 6.12. The zero-order valence-corrected chi connectivity index (χ0v) is 18.8. The van der Waals surface area contributed by atoms with Crippen molar-refractivity contribution in [2.24, 2.45) is 0 Å². The van der Waals surface area contributed by atoms with Crippen LogP contribution in [0, 0.1) is 0 Å². The first-order chi connectivity index (χ1) is 16.2. The minimum Gasteiger partial charge on any atom is -0.0665 e. The van der Waals surface area contributed by atoms with E-state index >= 15 is 0 Å². The van der Waals surface area contributed by atoms with Gasteiger partial charge >= 0.3 is 0 Å². The lowest BCUT2D eigenvalue weighted by molar-refractivity contribution is 1.08. The van der Waals surface area contributed by atoms with E-state index in [0.717, 1.165) is 5.56 Å². The third-order valence-electron chi connectivity index (χ3n) is 6.16. The molecule has 0 spiro atoms. The smallest absolute Gasteiger partial charge is 0.0665 e. The molecule has 0 N–H and O–H groups in total. The minimum atomic E-state index is 0.0213. The van der Waals surface area contributed by atoms with E-state index in [2.05, 4.69) is 127 Å². The van der Waals surface area contributed by atoms with Crippen LogP contribution in [-0.4, -0.2) is 7.85 Å². The van der Waals surface area contributed by atoms with Gasteiger partial charge in [0, 0.05) is 0 Å². The summed E-state index contributed by atoms with van der Waals surface area (Å²) >= 11 is 0. The molecule has 0 nitrogen and oxygen atoms in total. The molecule has 5 aromatic rings. The Morgan fingerprint density at radius 3 is 1.03 bits per heavy atom. The highest BCUT2D eigenvalue weighted by Gasteiger charge is 2.16. The van der Waals surface area contributed by atoms with Crippen molar-refractivity contribution in [3.05, 3.63) is 133 Å². The Hall–Kier alpha value is -3.84. The van der Waals surface area contributed by atoms with Crippen molar-refractivity contribution in [1.29, 1.82) is 0 Å². The maximum atomic E-state index is 6.11. The predicted octanol–water partition coefficient (Wildman–Crippen LogP) is 8.58. The van der Waals surface area contributed by atoms with Crippen molar-refractivity contribution in [2.75, 3.05) is 0 Å².